The summed E-state index contributed by atoms with van der Waals surface area (Å²) in [6.45, 7) is 10.8. The lowest BCUT2D eigenvalue weighted by Gasteiger charge is -2.63. The molecule has 4 saturated carbocycles. The topological polar surface area (TPSA) is 124 Å². The normalized spacial score (nSPS) is 43.3. The van der Waals surface area contributed by atoms with Crippen molar-refractivity contribution in [3.8, 4) is 0 Å². The molecule has 0 radical (unpaired) electrons. The smallest absolute Gasteiger partial charge is 0.407 e. The molecule has 5 fully saturated rings. The summed E-state index contributed by atoms with van der Waals surface area (Å²) in [4.78, 5) is 39.0. The Hall–Kier alpha value is -2.17. The molecular weight excluding hydrogens is 540 g/mol. The van der Waals surface area contributed by atoms with Gasteiger partial charge in [-0.3, -0.25) is 9.69 Å². The van der Waals surface area contributed by atoms with Gasteiger partial charge >= 0.3 is 18.0 Å². The highest BCUT2D eigenvalue weighted by Crippen LogP contribution is 2.70. The van der Waals surface area contributed by atoms with Gasteiger partial charge in [0.1, 0.15) is 18.8 Å². The van der Waals surface area contributed by atoms with E-state index in [2.05, 4.69) is 24.1 Å². The van der Waals surface area contributed by atoms with Crippen LogP contribution < -0.4 is 5.32 Å². The highest BCUT2D eigenvalue weighted by atomic mass is 16.6. The summed E-state index contributed by atoms with van der Waals surface area (Å²) in [5, 5.41) is 15.6. The van der Waals surface area contributed by atoms with Gasteiger partial charge in [0.15, 0.2) is 0 Å². The van der Waals surface area contributed by atoms with Gasteiger partial charge < -0.3 is 29.4 Å². The van der Waals surface area contributed by atoms with Gasteiger partial charge in [-0.2, -0.15) is 0 Å². The monoisotopic (exact) mass is 588 g/mol. The van der Waals surface area contributed by atoms with Gasteiger partial charge in [-0.05, 0) is 73.7 Å². The van der Waals surface area contributed by atoms with Crippen molar-refractivity contribution in [1.82, 2.24) is 10.2 Å². The molecule has 0 aromatic rings. The molecule has 1 amide bonds. The van der Waals surface area contributed by atoms with Crippen molar-refractivity contribution in [2.45, 2.75) is 89.9 Å². The zero-order chi connectivity index (χ0) is 29.7. The molecule has 0 aromatic carbocycles. The van der Waals surface area contributed by atoms with Gasteiger partial charge in [0.2, 0.25) is 0 Å². The number of esters is 2. The zero-order valence-corrected chi connectivity index (χ0v) is 25.4. The van der Waals surface area contributed by atoms with Gasteiger partial charge in [-0.1, -0.05) is 13.8 Å². The summed E-state index contributed by atoms with van der Waals surface area (Å²) in [6.07, 6.45) is 7.33. The van der Waals surface area contributed by atoms with E-state index in [1.807, 2.05) is 0 Å². The SMILES string of the molecule is CC(=O)OC1CC2(O)C3CCC4CC(OC(=O)NCCN5CCOCC5)CCC4(C)C3CCC2(C)C1C1=CC(=O)OC1. The molecule has 10 heteroatoms. The summed E-state index contributed by atoms with van der Waals surface area (Å²) in [5.74, 6) is -0.119. The largest absolute Gasteiger partial charge is 0.462 e. The van der Waals surface area contributed by atoms with E-state index in [1.165, 1.54) is 6.92 Å². The molecule has 42 heavy (non-hydrogen) atoms. The molecule has 1 saturated heterocycles. The minimum atomic E-state index is -1.01. The first-order valence-corrected chi connectivity index (χ1v) is 16.0. The Kier molecular flexibility index (Phi) is 8.11. The number of ether oxygens (including phenoxy) is 4. The van der Waals surface area contributed by atoms with E-state index in [9.17, 15) is 19.5 Å². The van der Waals surface area contributed by atoms with Crippen molar-refractivity contribution in [3.63, 3.8) is 0 Å². The summed E-state index contributed by atoms with van der Waals surface area (Å²) in [6, 6.07) is 0. The number of rotatable bonds is 6. The summed E-state index contributed by atoms with van der Waals surface area (Å²) < 4.78 is 22.4. The maximum absolute atomic E-state index is 12.7. The predicted molar refractivity (Wildman–Crippen MR) is 152 cm³/mol. The number of morpholine rings is 1. The zero-order valence-electron chi connectivity index (χ0n) is 25.4. The first-order chi connectivity index (χ1) is 20.0. The first-order valence-electron chi connectivity index (χ1n) is 16.0. The van der Waals surface area contributed by atoms with Crippen LogP contribution in [-0.2, 0) is 28.5 Å². The number of fused-ring (bicyclic) bond motifs is 5. The van der Waals surface area contributed by atoms with Gasteiger partial charge in [0.05, 0.1) is 18.8 Å². The third-order valence-electron chi connectivity index (χ3n) is 12.3. The molecule has 9 atom stereocenters. The second kappa shape index (κ2) is 11.4. The fourth-order valence-electron chi connectivity index (χ4n) is 10.2. The Balaban J connectivity index is 1.12. The van der Waals surface area contributed by atoms with E-state index in [1.54, 1.807) is 6.08 Å². The number of aliphatic hydroxyl groups is 1. The number of amides is 1. The molecule has 9 unspecified atom stereocenters. The van der Waals surface area contributed by atoms with Gasteiger partial charge in [0.25, 0.3) is 0 Å². The lowest BCUT2D eigenvalue weighted by molar-refractivity contribution is -0.208. The van der Waals surface area contributed by atoms with Crippen LogP contribution in [0.25, 0.3) is 0 Å². The molecule has 4 aliphatic carbocycles. The second-order valence-corrected chi connectivity index (χ2v) is 14.2. The van der Waals surface area contributed by atoms with Crippen LogP contribution in [-0.4, -0.2) is 91.8 Å². The molecule has 6 aliphatic rings. The van der Waals surface area contributed by atoms with Crippen LogP contribution in [0, 0.1) is 34.5 Å². The second-order valence-electron chi connectivity index (χ2n) is 14.2. The van der Waals surface area contributed by atoms with Crippen LogP contribution in [0.4, 0.5) is 4.79 Å². The van der Waals surface area contributed by atoms with Crippen LogP contribution in [0.15, 0.2) is 11.6 Å². The number of cyclic esters (lactones) is 1. The van der Waals surface area contributed by atoms with Gasteiger partial charge in [-0.25, -0.2) is 9.59 Å². The standard InChI is InChI=1S/C32H48N2O8/c1-20(35)41-26-18-32(38)25-5-4-22-17-23(42-29(37)33-10-11-34-12-14-39-15-13-34)6-8-30(22,2)24(25)7-9-31(32,3)28(26)21-16-27(36)40-19-21/h16,22-26,28,38H,4-15,17-19H2,1-3H3,(H,33,37). The average molecular weight is 589 g/mol. The molecule has 2 heterocycles. The van der Waals surface area contributed by atoms with Crippen molar-refractivity contribution >= 4 is 18.0 Å². The summed E-state index contributed by atoms with van der Waals surface area (Å²) in [7, 11) is 0. The lowest BCUT2D eigenvalue weighted by Crippen LogP contribution is -2.62. The predicted octanol–water partition coefficient (Wildman–Crippen LogP) is 3.21. The number of hydrogen-bond donors (Lipinski definition) is 2. The maximum Gasteiger partial charge on any atom is 0.407 e. The number of nitrogens with zero attached hydrogens (tertiary/aromatic N) is 1. The Labute approximate surface area is 248 Å². The Morgan fingerprint density at radius 1 is 1.10 bits per heavy atom. The minimum Gasteiger partial charge on any atom is -0.462 e. The first kappa shape index (κ1) is 29.9. The average Bonchev–Trinajstić information content (AvgIpc) is 3.46. The van der Waals surface area contributed by atoms with Gasteiger partial charge in [-0.15, -0.1) is 0 Å². The molecule has 234 valence electrons. The van der Waals surface area contributed by atoms with Crippen LogP contribution in [0.2, 0.25) is 0 Å². The lowest BCUT2D eigenvalue weighted by atomic mass is 9.43. The van der Waals surface area contributed by atoms with Crippen molar-refractivity contribution in [1.29, 1.82) is 0 Å². The van der Waals surface area contributed by atoms with Crippen LogP contribution >= 0.6 is 0 Å². The molecule has 0 spiro atoms. The molecule has 0 aromatic heterocycles. The van der Waals surface area contributed by atoms with E-state index in [0.29, 0.717) is 24.8 Å². The van der Waals surface area contributed by atoms with Crippen molar-refractivity contribution < 1.29 is 38.4 Å². The third-order valence-corrected chi connectivity index (χ3v) is 12.3. The highest BCUT2D eigenvalue weighted by molar-refractivity contribution is 5.85. The summed E-state index contributed by atoms with van der Waals surface area (Å²) in [5.41, 5.74) is -0.636. The van der Waals surface area contributed by atoms with Crippen molar-refractivity contribution in [2.24, 2.45) is 34.5 Å². The van der Waals surface area contributed by atoms with Crippen molar-refractivity contribution in [2.75, 3.05) is 46.0 Å². The molecule has 0 bridgehead atoms. The minimum absolute atomic E-state index is 0.0490. The fourth-order valence-corrected chi connectivity index (χ4v) is 10.2. The van der Waals surface area contributed by atoms with E-state index in [-0.39, 0.29) is 48.0 Å². The fraction of sp³-hybridized carbons (Fsp3) is 0.844. The number of hydrogen-bond acceptors (Lipinski definition) is 9. The number of alkyl carbamates (subject to hydrolysis) is 1. The van der Waals surface area contributed by atoms with Crippen LogP contribution in [0.1, 0.15) is 72.1 Å². The van der Waals surface area contributed by atoms with Crippen LogP contribution in [0.5, 0.6) is 0 Å². The third kappa shape index (κ3) is 5.15. The molecule has 6 rings (SSSR count). The molecular formula is C32H48N2O8. The Morgan fingerprint density at radius 2 is 1.88 bits per heavy atom. The van der Waals surface area contributed by atoms with E-state index in [4.69, 9.17) is 18.9 Å². The van der Waals surface area contributed by atoms with Gasteiger partial charge in [0, 0.05) is 56.9 Å². The quantitative estimate of drug-likeness (QED) is 0.356. The Bertz CT molecular complexity index is 1110. The maximum atomic E-state index is 12.7. The van der Waals surface area contributed by atoms with E-state index < -0.39 is 17.1 Å². The molecule has 10 nitrogen and oxygen atoms in total. The van der Waals surface area contributed by atoms with E-state index in [0.717, 1.165) is 83.4 Å². The highest BCUT2D eigenvalue weighted by Gasteiger charge is 2.71. The van der Waals surface area contributed by atoms with E-state index >= 15 is 0 Å². The van der Waals surface area contributed by atoms with Crippen molar-refractivity contribution in [3.05, 3.63) is 11.6 Å². The number of nitrogens with one attached hydrogen (secondary N) is 1. The number of carbonyl (C=O) groups is 3. The molecule has 2 aliphatic heterocycles. The summed E-state index contributed by atoms with van der Waals surface area (Å²) >= 11 is 0. The van der Waals surface area contributed by atoms with Crippen LogP contribution in [0.3, 0.4) is 0 Å². The Morgan fingerprint density at radius 3 is 2.60 bits per heavy atom. The number of carbonyl (C=O) groups excluding carboxylic acids is 3. The molecule has 2 N–H and O–H groups in total.